The Balaban J connectivity index is 1.53. The smallest absolute Gasteiger partial charge is 0.307 e. The molecule has 0 radical (unpaired) electrons. The van der Waals surface area contributed by atoms with Gasteiger partial charge in [0.1, 0.15) is 5.75 Å². The number of carboxylic acids is 1. The van der Waals surface area contributed by atoms with Gasteiger partial charge in [0.2, 0.25) is 5.91 Å². The summed E-state index contributed by atoms with van der Waals surface area (Å²) in [6, 6.07) is 15.9. The number of aliphatic carboxylic acids is 1. The molecule has 7 nitrogen and oxygen atoms in total. The summed E-state index contributed by atoms with van der Waals surface area (Å²) >= 11 is 0. The summed E-state index contributed by atoms with van der Waals surface area (Å²) in [7, 11) is 0. The first-order chi connectivity index (χ1) is 14.0. The third kappa shape index (κ3) is 6.07. The van der Waals surface area contributed by atoms with Crippen molar-refractivity contribution in [2.45, 2.75) is 19.3 Å². The molecular formula is C22H24N2O5. The standard InChI is InChI=1S/C22H24N2O5/c25-20(15-29-19-9-2-1-3-10-19)24-11-5-7-17(14-24)22(28)23-18-8-4-6-16(12-18)13-21(26)27/h1-4,6,8-10,12,17H,5,7,11,13-15H2,(H,23,28)(H,26,27). The van der Waals surface area contributed by atoms with Crippen molar-refractivity contribution in [2.75, 3.05) is 25.0 Å². The van der Waals surface area contributed by atoms with Gasteiger partial charge in [0.05, 0.1) is 12.3 Å². The molecule has 0 aromatic heterocycles. The van der Waals surface area contributed by atoms with Crippen molar-refractivity contribution in [3.05, 3.63) is 60.2 Å². The van der Waals surface area contributed by atoms with E-state index < -0.39 is 5.97 Å². The molecule has 1 aliphatic heterocycles. The Hall–Kier alpha value is -3.35. The van der Waals surface area contributed by atoms with Crippen LogP contribution in [-0.4, -0.2) is 47.5 Å². The summed E-state index contributed by atoms with van der Waals surface area (Å²) < 4.78 is 5.52. The highest BCUT2D eigenvalue weighted by Crippen LogP contribution is 2.20. The van der Waals surface area contributed by atoms with Crippen LogP contribution in [0.15, 0.2) is 54.6 Å². The number of carbonyl (C=O) groups excluding carboxylic acids is 2. The molecule has 0 spiro atoms. The number of rotatable bonds is 7. The number of anilines is 1. The minimum absolute atomic E-state index is 0.0599. The number of hydrogen-bond donors (Lipinski definition) is 2. The van der Waals surface area contributed by atoms with Gasteiger partial charge in [-0.1, -0.05) is 30.3 Å². The van der Waals surface area contributed by atoms with Crippen LogP contribution in [-0.2, 0) is 20.8 Å². The van der Waals surface area contributed by atoms with E-state index in [2.05, 4.69) is 5.32 Å². The van der Waals surface area contributed by atoms with E-state index in [1.165, 1.54) is 0 Å². The quantitative estimate of drug-likeness (QED) is 0.750. The van der Waals surface area contributed by atoms with Crippen LogP contribution in [0.2, 0.25) is 0 Å². The number of ether oxygens (including phenoxy) is 1. The summed E-state index contributed by atoms with van der Waals surface area (Å²) in [4.78, 5) is 37.6. The Morgan fingerprint density at radius 2 is 1.90 bits per heavy atom. The Labute approximate surface area is 169 Å². The van der Waals surface area contributed by atoms with Crippen LogP contribution in [0.3, 0.4) is 0 Å². The summed E-state index contributed by atoms with van der Waals surface area (Å²) in [5, 5.41) is 11.7. The van der Waals surface area contributed by atoms with Gasteiger partial charge < -0.3 is 20.1 Å². The SMILES string of the molecule is O=C(O)Cc1cccc(NC(=O)C2CCCN(C(=O)COc3ccccc3)C2)c1. The molecule has 2 aromatic carbocycles. The predicted molar refractivity (Wildman–Crippen MR) is 108 cm³/mol. The summed E-state index contributed by atoms with van der Waals surface area (Å²) in [6.07, 6.45) is 1.34. The zero-order valence-corrected chi connectivity index (χ0v) is 16.0. The number of amides is 2. The molecule has 2 N–H and O–H groups in total. The largest absolute Gasteiger partial charge is 0.484 e. The molecule has 2 amide bonds. The number of hydrogen-bond acceptors (Lipinski definition) is 4. The lowest BCUT2D eigenvalue weighted by molar-refractivity contribution is -0.137. The van der Waals surface area contributed by atoms with Crippen LogP contribution < -0.4 is 10.1 Å². The third-order valence-electron chi connectivity index (χ3n) is 4.80. The van der Waals surface area contributed by atoms with Gasteiger partial charge in [0.15, 0.2) is 6.61 Å². The van der Waals surface area contributed by atoms with Crippen LogP contribution in [0.5, 0.6) is 5.75 Å². The molecule has 0 aliphatic carbocycles. The number of nitrogens with one attached hydrogen (secondary N) is 1. The predicted octanol–water partition coefficient (Wildman–Crippen LogP) is 2.57. The monoisotopic (exact) mass is 396 g/mol. The number of para-hydroxylation sites is 1. The molecule has 1 fully saturated rings. The summed E-state index contributed by atoms with van der Waals surface area (Å²) in [5.74, 6) is -0.914. The highest BCUT2D eigenvalue weighted by molar-refractivity contribution is 5.93. The van der Waals surface area contributed by atoms with E-state index in [1.54, 1.807) is 41.3 Å². The lowest BCUT2D eigenvalue weighted by atomic mass is 9.97. The molecule has 2 aromatic rings. The van der Waals surface area contributed by atoms with E-state index in [4.69, 9.17) is 9.84 Å². The lowest BCUT2D eigenvalue weighted by Crippen LogP contribution is -2.45. The van der Waals surface area contributed by atoms with E-state index in [9.17, 15) is 14.4 Å². The fourth-order valence-corrected chi connectivity index (χ4v) is 3.35. The van der Waals surface area contributed by atoms with Gasteiger partial charge in [0.25, 0.3) is 5.91 Å². The Bertz CT molecular complexity index is 869. The summed E-state index contributed by atoms with van der Waals surface area (Å²) in [6.45, 7) is 0.891. The minimum atomic E-state index is -0.923. The molecule has 3 rings (SSSR count). The van der Waals surface area contributed by atoms with Crippen LogP contribution in [0.4, 0.5) is 5.69 Å². The van der Waals surface area contributed by atoms with Crippen LogP contribution >= 0.6 is 0 Å². The van der Waals surface area contributed by atoms with Crippen molar-refractivity contribution in [1.29, 1.82) is 0 Å². The second-order valence-corrected chi connectivity index (χ2v) is 7.04. The highest BCUT2D eigenvalue weighted by atomic mass is 16.5. The van der Waals surface area contributed by atoms with Crippen molar-refractivity contribution in [2.24, 2.45) is 5.92 Å². The fourth-order valence-electron chi connectivity index (χ4n) is 3.35. The number of piperidine rings is 1. The normalized spacial score (nSPS) is 16.1. The Morgan fingerprint density at radius 3 is 2.66 bits per heavy atom. The second kappa shape index (κ2) is 9.73. The van der Waals surface area contributed by atoms with Gasteiger partial charge in [0, 0.05) is 18.8 Å². The van der Waals surface area contributed by atoms with Crippen molar-refractivity contribution < 1.29 is 24.2 Å². The van der Waals surface area contributed by atoms with Crippen LogP contribution in [0.25, 0.3) is 0 Å². The van der Waals surface area contributed by atoms with Gasteiger partial charge in [-0.25, -0.2) is 0 Å². The average Bonchev–Trinajstić information content (AvgIpc) is 2.72. The van der Waals surface area contributed by atoms with Gasteiger partial charge in [-0.3, -0.25) is 14.4 Å². The molecule has 1 saturated heterocycles. The molecule has 0 saturated carbocycles. The van der Waals surface area contributed by atoms with Crippen molar-refractivity contribution in [3.63, 3.8) is 0 Å². The molecule has 1 heterocycles. The second-order valence-electron chi connectivity index (χ2n) is 7.04. The van der Waals surface area contributed by atoms with E-state index >= 15 is 0 Å². The lowest BCUT2D eigenvalue weighted by Gasteiger charge is -2.32. The zero-order valence-electron chi connectivity index (χ0n) is 16.0. The molecule has 0 bridgehead atoms. The molecule has 7 heteroatoms. The van der Waals surface area contributed by atoms with Crippen molar-refractivity contribution in [3.8, 4) is 5.75 Å². The minimum Gasteiger partial charge on any atom is -0.484 e. The first-order valence-electron chi connectivity index (χ1n) is 9.58. The maximum Gasteiger partial charge on any atom is 0.307 e. The van der Waals surface area contributed by atoms with Crippen molar-refractivity contribution >= 4 is 23.5 Å². The molecular weight excluding hydrogens is 372 g/mol. The van der Waals surface area contributed by atoms with Crippen molar-refractivity contribution in [1.82, 2.24) is 4.90 Å². The molecule has 152 valence electrons. The van der Waals surface area contributed by atoms with Gasteiger partial charge in [-0.15, -0.1) is 0 Å². The summed E-state index contributed by atoms with van der Waals surface area (Å²) in [5.41, 5.74) is 1.18. The highest BCUT2D eigenvalue weighted by Gasteiger charge is 2.28. The maximum atomic E-state index is 12.7. The number of benzene rings is 2. The van der Waals surface area contributed by atoms with E-state index in [0.717, 1.165) is 6.42 Å². The first-order valence-corrected chi connectivity index (χ1v) is 9.58. The topological polar surface area (TPSA) is 95.9 Å². The molecule has 1 unspecified atom stereocenters. The van der Waals surface area contributed by atoms with E-state index in [0.29, 0.717) is 36.5 Å². The van der Waals surface area contributed by atoms with Crippen LogP contribution in [0, 0.1) is 5.92 Å². The third-order valence-corrected chi connectivity index (χ3v) is 4.80. The van der Waals surface area contributed by atoms with E-state index in [-0.39, 0.29) is 30.8 Å². The number of carboxylic acid groups (broad SMARTS) is 1. The molecule has 29 heavy (non-hydrogen) atoms. The number of carbonyl (C=O) groups is 3. The average molecular weight is 396 g/mol. The van der Waals surface area contributed by atoms with Gasteiger partial charge in [-0.2, -0.15) is 0 Å². The van der Waals surface area contributed by atoms with E-state index in [1.807, 2.05) is 18.2 Å². The Morgan fingerprint density at radius 1 is 1.10 bits per heavy atom. The zero-order chi connectivity index (χ0) is 20.6. The maximum absolute atomic E-state index is 12.7. The fraction of sp³-hybridized carbons (Fsp3) is 0.318. The molecule has 1 aliphatic rings. The van der Waals surface area contributed by atoms with Gasteiger partial charge >= 0.3 is 5.97 Å². The Kier molecular flexibility index (Phi) is 6.84. The molecule has 1 atom stereocenters. The number of nitrogens with zero attached hydrogens (tertiary/aromatic N) is 1. The first kappa shape index (κ1) is 20.4. The van der Waals surface area contributed by atoms with Crippen LogP contribution in [0.1, 0.15) is 18.4 Å². The van der Waals surface area contributed by atoms with Gasteiger partial charge in [-0.05, 0) is 42.7 Å². The number of likely N-dealkylation sites (tertiary alicyclic amines) is 1.